The topological polar surface area (TPSA) is 41.1 Å². The molecule has 2 amide bonds. The second-order valence-corrected chi connectivity index (χ2v) is 6.34. The highest BCUT2D eigenvalue weighted by atomic mass is 16.2. The van der Waals surface area contributed by atoms with E-state index in [9.17, 15) is 4.79 Å². The zero-order valence-electron chi connectivity index (χ0n) is 13.4. The number of carbonyl (C=O) groups excluding carboxylic acids is 1. The predicted molar refractivity (Wildman–Crippen MR) is 90.5 cm³/mol. The van der Waals surface area contributed by atoms with E-state index in [4.69, 9.17) is 0 Å². The van der Waals surface area contributed by atoms with Gasteiger partial charge in [-0.15, -0.1) is 0 Å². The molecular weight excluding hydrogens is 248 g/mol. The molecule has 0 radical (unpaired) electrons. The molecule has 0 aliphatic rings. The van der Waals surface area contributed by atoms with E-state index in [1.54, 1.807) is 0 Å². The molecule has 1 atom stereocenters. The fourth-order valence-electron chi connectivity index (χ4n) is 2.30. The van der Waals surface area contributed by atoms with Gasteiger partial charge in [0.2, 0.25) is 0 Å². The Bertz CT molecular complexity index is 427. The molecule has 0 aromatic heterocycles. The van der Waals surface area contributed by atoms with E-state index >= 15 is 0 Å². The van der Waals surface area contributed by atoms with Gasteiger partial charge in [0.25, 0.3) is 0 Å². The SMILES string of the molecule is CCCC(CC)c1ccc(NC(=O)NC(C)(C)C)cc1.[HH].[HH]. The minimum absolute atomic E-state index is 0. The van der Waals surface area contributed by atoms with E-state index in [0.29, 0.717) is 5.92 Å². The van der Waals surface area contributed by atoms with Gasteiger partial charge in [-0.25, -0.2) is 4.79 Å². The van der Waals surface area contributed by atoms with E-state index < -0.39 is 0 Å². The summed E-state index contributed by atoms with van der Waals surface area (Å²) < 4.78 is 0. The van der Waals surface area contributed by atoms with Crippen molar-refractivity contribution in [1.29, 1.82) is 0 Å². The molecule has 3 nitrogen and oxygen atoms in total. The highest BCUT2D eigenvalue weighted by Crippen LogP contribution is 2.25. The Morgan fingerprint density at radius 3 is 2.25 bits per heavy atom. The first kappa shape index (κ1) is 16.5. The first-order valence-electron chi connectivity index (χ1n) is 7.54. The van der Waals surface area contributed by atoms with Crippen LogP contribution in [0.15, 0.2) is 24.3 Å². The van der Waals surface area contributed by atoms with Crippen LogP contribution in [0.3, 0.4) is 0 Å². The molecule has 2 N–H and O–H groups in total. The van der Waals surface area contributed by atoms with Gasteiger partial charge in [0, 0.05) is 14.1 Å². The van der Waals surface area contributed by atoms with Crippen molar-refractivity contribution >= 4 is 11.7 Å². The van der Waals surface area contributed by atoms with Crippen LogP contribution in [0.5, 0.6) is 0 Å². The number of amides is 2. The van der Waals surface area contributed by atoms with Crippen molar-refractivity contribution in [3.63, 3.8) is 0 Å². The zero-order valence-corrected chi connectivity index (χ0v) is 13.4. The third-order valence-corrected chi connectivity index (χ3v) is 3.26. The van der Waals surface area contributed by atoms with Gasteiger partial charge in [-0.1, -0.05) is 32.4 Å². The van der Waals surface area contributed by atoms with Crippen LogP contribution in [0.25, 0.3) is 0 Å². The lowest BCUT2D eigenvalue weighted by Crippen LogP contribution is -2.43. The summed E-state index contributed by atoms with van der Waals surface area (Å²) in [5.41, 5.74) is 1.97. The van der Waals surface area contributed by atoms with Gasteiger partial charge in [0.15, 0.2) is 0 Å². The summed E-state index contributed by atoms with van der Waals surface area (Å²) in [6.07, 6.45) is 3.57. The highest BCUT2D eigenvalue weighted by Gasteiger charge is 2.13. The second-order valence-electron chi connectivity index (χ2n) is 6.34. The lowest BCUT2D eigenvalue weighted by molar-refractivity contribution is 0.244. The van der Waals surface area contributed by atoms with Crippen LogP contribution in [0.1, 0.15) is 68.2 Å². The highest BCUT2D eigenvalue weighted by molar-refractivity contribution is 5.89. The number of urea groups is 1. The number of benzene rings is 1. The average molecular weight is 280 g/mol. The molecule has 1 unspecified atom stereocenters. The maximum Gasteiger partial charge on any atom is 0.319 e. The molecule has 0 aliphatic carbocycles. The van der Waals surface area contributed by atoms with E-state index in [-0.39, 0.29) is 14.4 Å². The summed E-state index contributed by atoms with van der Waals surface area (Å²) >= 11 is 0. The van der Waals surface area contributed by atoms with Gasteiger partial charge < -0.3 is 10.6 Å². The fourth-order valence-corrected chi connectivity index (χ4v) is 2.30. The lowest BCUT2D eigenvalue weighted by atomic mass is 9.92. The third-order valence-electron chi connectivity index (χ3n) is 3.26. The standard InChI is InChI=1S/C17H28N2O.2H2/c1-6-8-13(7-2)14-9-11-15(12-10-14)18-16(20)19-17(3,4)5;;/h9-13H,6-8H2,1-5H3,(H2,18,19,20);2*1H. The summed E-state index contributed by atoms with van der Waals surface area (Å²) in [5, 5.41) is 5.75. The Kier molecular flexibility index (Phi) is 6.05. The van der Waals surface area contributed by atoms with E-state index in [0.717, 1.165) is 12.1 Å². The molecule has 116 valence electrons. The normalized spacial score (nSPS) is 12.8. The van der Waals surface area contributed by atoms with Crippen molar-refractivity contribution < 1.29 is 7.65 Å². The Morgan fingerprint density at radius 2 is 1.80 bits per heavy atom. The Labute approximate surface area is 126 Å². The molecule has 0 spiro atoms. The Morgan fingerprint density at radius 1 is 1.20 bits per heavy atom. The Hall–Kier alpha value is -1.51. The van der Waals surface area contributed by atoms with Crippen LogP contribution in [0, 0.1) is 0 Å². The van der Waals surface area contributed by atoms with Gasteiger partial charge in [0.1, 0.15) is 0 Å². The molecule has 3 heteroatoms. The zero-order chi connectivity index (χ0) is 15.2. The molecule has 0 heterocycles. The minimum atomic E-state index is -0.224. The number of carbonyl (C=O) groups is 1. The van der Waals surface area contributed by atoms with E-state index in [2.05, 4.69) is 36.6 Å². The van der Waals surface area contributed by atoms with Crippen molar-refractivity contribution in [3.05, 3.63) is 29.8 Å². The molecule has 0 saturated carbocycles. The van der Waals surface area contributed by atoms with Crippen molar-refractivity contribution in [2.75, 3.05) is 5.32 Å². The van der Waals surface area contributed by atoms with E-state index in [1.807, 2.05) is 32.9 Å². The molecule has 0 bridgehead atoms. The van der Waals surface area contributed by atoms with Crippen LogP contribution in [0.2, 0.25) is 0 Å². The number of nitrogens with one attached hydrogen (secondary N) is 2. The smallest absolute Gasteiger partial charge is 0.319 e. The minimum Gasteiger partial charge on any atom is -0.333 e. The largest absolute Gasteiger partial charge is 0.333 e. The van der Waals surface area contributed by atoms with Gasteiger partial charge >= 0.3 is 6.03 Å². The lowest BCUT2D eigenvalue weighted by Gasteiger charge is -2.21. The molecule has 0 saturated heterocycles. The molecule has 1 rings (SSSR count). The predicted octanol–water partition coefficient (Wildman–Crippen LogP) is 5.39. The van der Waals surface area contributed by atoms with Crippen LogP contribution < -0.4 is 10.6 Å². The van der Waals surface area contributed by atoms with Crippen LogP contribution in [-0.2, 0) is 0 Å². The summed E-state index contributed by atoms with van der Waals surface area (Å²) in [7, 11) is 0. The van der Waals surface area contributed by atoms with Gasteiger partial charge in [0.05, 0.1) is 0 Å². The number of hydrogen-bond donors (Lipinski definition) is 2. The average Bonchev–Trinajstić information content (AvgIpc) is 2.34. The third kappa shape index (κ3) is 5.64. The molecule has 0 fully saturated rings. The first-order chi connectivity index (χ1) is 9.35. The molecule has 0 aliphatic heterocycles. The maximum atomic E-state index is 11.8. The van der Waals surface area contributed by atoms with Gasteiger partial charge in [-0.2, -0.15) is 0 Å². The van der Waals surface area contributed by atoms with E-state index in [1.165, 1.54) is 18.4 Å². The van der Waals surface area contributed by atoms with Crippen molar-refractivity contribution in [2.45, 2.75) is 65.3 Å². The summed E-state index contributed by atoms with van der Waals surface area (Å²) in [6, 6.07) is 8.05. The quantitative estimate of drug-likeness (QED) is 0.745. The second kappa shape index (κ2) is 7.32. The molecule has 1 aromatic carbocycles. The van der Waals surface area contributed by atoms with Crippen molar-refractivity contribution in [2.24, 2.45) is 0 Å². The molecular formula is C17H32N2O. The fraction of sp³-hybridized carbons (Fsp3) is 0.588. The number of rotatable bonds is 5. The van der Waals surface area contributed by atoms with Crippen molar-refractivity contribution in [3.8, 4) is 0 Å². The molecule has 1 aromatic rings. The van der Waals surface area contributed by atoms with Crippen molar-refractivity contribution in [1.82, 2.24) is 5.32 Å². The van der Waals surface area contributed by atoms with Crippen LogP contribution in [-0.4, -0.2) is 11.6 Å². The monoisotopic (exact) mass is 280 g/mol. The number of anilines is 1. The van der Waals surface area contributed by atoms with Gasteiger partial charge in [-0.05, 0) is 57.2 Å². The Balaban J connectivity index is 0. The van der Waals surface area contributed by atoms with Gasteiger partial charge in [-0.3, -0.25) is 0 Å². The first-order valence-corrected chi connectivity index (χ1v) is 7.54. The number of hydrogen-bond acceptors (Lipinski definition) is 1. The molecule has 20 heavy (non-hydrogen) atoms. The van der Waals surface area contributed by atoms with Crippen LogP contribution in [0.4, 0.5) is 10.5 Å². The summed E-state index contributed by atoms with van der Waals surface area (Å²) in [5.74, 6) is 0.623. The summed E-state index contributed by atoms with van der Waals surface area (Å²) in [4.78, 5) is 11.8. The van der Waals surface area contributed by atoms with Crippen LogP contribution >= 0.6 is 0 Å². The summed E-state index contributed by atoms with van der Waals surface area (Å²) in [6.45, 7) is 10.3. The maximum absolute atomic E-state index is 11.8.